The summed E-state index contributed by atoms with van der Waals surface area (Å²) in [6, 6.07) is 23.5. The van der Waals surface area contributed by atoms with Gasteiger partial charge in [0.15, 0.2) is 11.0 Å². The number of hydrogen-bond donors (Lipinski definition) is 1. The number of thioether (sulfide) groups is 1. The molecule has 36 heavy (non-hydrogen) atoms. The molecule has 4 aromatic rings. The molecular weight excluding hydrogens is 492 g/mol. The number of hydrogen-bond acceptors (Lipinski definition) is 5. The normalized spacial score (nSPS) is 11.8. The van der Waals surface area contributed by atoms with E-state index in [1.807, 2.05) is 85.1 Å². The van der Waals surface area contributed by atoms with E-state index >= 15 is 0 Å². The average molecular weight is 521 g/mol. The Bertz CT molecular complexity index is 1330. The molecule has 1 atom stereocenters. The van der Waals surface area contributed by atoms with Crippen LogP contribution in [0.2, 0.25) is 5.02 Å². The molecule has 1 unspecified atom stereocenters. The van der Waals surface area contributed by atoms with Crippen LogP contribution < -0.4 is 10.1 Å². The van der Waals surface area contributed by atoms with Gasteiger partial charge in [-0.25, -0.2) is 0 Å². The van der Waals surface area contributed by atoms with Gasteiger partial charge in [-0.1, -0.05) is 78.8 Å². The minimum atomic E-state index is -0.225. The highest BCUT2D eigenvalue weighted by molar-refractivity contribution is 7.98. The number of carbonyl (C=O) groups excluding carboxylic acids is 1. The number of nitrogens with one attached hydrogen (secondary N) is 1. The quantitative estimate of drug-likeness (QED) is 0.247. The number of ether oxygens (including phenoxy) is 1. The predicted molar refractivity (Wildman–Crippen MR) is 145 cm³/mol. The van der Waals surface area contributed by atoms with Crippen molar-refractivity contribution in [1.82, 2.24) is 20.1 Å². The van der Waals surface area contributed by atoms with Crippen LogP contribution in [0.25, 0.3) is 5.69 Å². The molecule has 0 saturated heterocycles. The van der Waals surface area contributed by atoms with Crippen LogP contribution in [0.15, 0.2) is 78.0 Å². The lowest BCUT2D eigenvalue weighted by Gasteiger charge is -2.17. The summed E-state index contributed by atoms with van der Waals surface area (Å²) < 4.78 is 7.33. The topological polar surface area (TPSA) is 69.0 Å². The largest absolute Gasteiger partial charge is 0.497 e. The van der Waals surface area contributed by atoms with Gasteiger partial charge in [0.1, 0.15) is 5.75 Å². The number of halogens is 1. The Morgan fingerprint density at radius 2 is 1.89 bits per heavy atom. The molecule has 0 fully saturated rings. The maximum absolute atomic E-state index is 13.1. The maximum atomic E-state index is 13.1. The molecule has 1 amide bonds. The standard InChI is InChI=1S/C28H29ClN4O2S/c1-4-24(21-10-6-5-7-11-21)27(34)30-17-26-31-32-28(33(26)25-16-22(29)14-13-19(25)2)36-18-20-9-8-12-23(15-20)35-3/h5-16,24H,4,17-18H2,1-3H3,(H,30,34). The van der Waals surface area contributed by atoms with Crippen molar-refractivity contribution in [2.45, 2.75) is 43.6 Å². The lowest BCUT2D eigenvalue weighted by atomic mass is 9.96. The van der Waals surface area contributed by atoms with Gasteiger partial charge in [0.25, 0.3) is 0 Å². The van der Waals surface area contributed by atoms with Gasteiger partial charge in [-0.05, 0) is 54.3 Å². The third kappa shape index (κ3) is 6.09. The van der Waals surface area contributed by atoms with E-state index in [1.165, 1.54) is 0 Å². The first-order valence-electron chi connectivity index (χ1n) is 11.8. The highest BCUT2D eigenvalue weighted by atomic mass is 35.5. The first-order chi connectivity index (χ1) is 17.5. The molecule has 0 aliphatic rings. The highest BCUT2D eigenvalue weighted by Gasteiger charge is 2.21. The first-order valence-corrected chi connectivity index (χ1v) is 13.2. The Balaban J connectivity index is 1.59. The van der Waals surface area contributed by atoms with Crippen LogP contribution in [0.3, 0.4) is 0 Å². The number of aryl methyl sites for hydroxylation is 1. The fourth-order valence-corrected chi connectivity index (χ4v) is 5.10. The van der Waals surface area contributed by atoms with Crippen molar-refractivity contribution in [3.8, 4) is 11.4 Å². The second-order valence-corrected chi connectivity index (χ2v) is 9.77. The summed E-state index contributed by atoms with van der Waals surface area (Å²) in [6.07, 6.45) is 0.706. The summed E-state index contributed by atoms with van der Waals surface area (Å²) in [5, 5.41) is 13.3. The summed E-state index contributed by atoms with van der Waals surface area (Å²) in [6.45, 7) is 4.29. The number of aromatic nitrogens is 3. The third-order valence-corrected chi connectivity index (χ3v) is 7.20. The van der Waals surface area contributed by atoms with Crippen LogP contribution in [-0.4, -0.2) is 27.8 Å². The Hall–Kier alpha value is -3.29. The molecule has 1 aromatic heterocycles. The highest BCUT2D eigenvalue weighted by Crippen LogP contribution is 2.29. The number of amides is 1. The molecule has 8 heteroatoms. The van der Waals surface area contributed by atoms with Crippen LogP contribution in [0.1, 0.15) is 41.8 Å². The zero-order valence-electron chi connectivity index (χ0n) is 20.6. The molecule has 0 bridgehead atoms. The fraction of sp³-hybridized carbons (Fsp3) is 0.250. The zero-order chi connectivity index (χ0) is 25.5. The minimum absolute atomic E-state index is 0.0355. The van der Waals surface area contributed by atoms with E-state index in [0.717, 1.165) is 33.3 Å². The van der Waals surface area contributed by atoms with Crippen LogP contribution in [0.5, 0.6) is 5.75 Å². The molecule has 1 heterocycles. The van der Waals surface area contributed by atoms with Crippen molar-refractivity contribution >= 4 is 29.3 Å². The molecule has 6 nitrogen and oxygen atoms in total. The average Bonchev–Trinajstić information content (AvgIpc) is 3.31. The van der Waals surface area contributed by atoms with Gasteiger partial charge in [0.2, 0.25) is 5.91 Å². The zero-order valence-corrected chi connectivity index (χ0v) is 22.1. The van der Waals surface area contributed by atoms with E-state index in [-0.39, 0.29) is 18.4 Å². The van der Waals surface area contributed by atoms with Gasteiger partial charge in [0, 0.05) is 10.8 Å². The molecular formula is C28H29ClN4O2S. The third-order valence-electron chi connectivity index (χ3n) is 5.96. The molecule has 3 aromatic carbocycles. The second-order valence-electron chi connectivity index (χ2n) is 8.39. The number of carbonyl (C=O) groups is 1. The molecule has 0 spiro atoms. The van der Waals surface area contributed by atoms with Crippen LogP contribution in [0.4, 0.5) is 0 Å². The van der Waals surface area contributed by atoms with E-state index in [4.69, 9.17) is 16.3 Å². The summed E-state index contributed by atoms with van der Waals surface area (Å²) in [4.78, 5) is 13.1. The van der Waals surface area contributed by atoms with Crippen molar-refractivity contribution < 1.29 is 9.53 Å². The molecule has 1 N–H and O–H groups in total. The van der Waals surface area contributed by atoms with Crippen molar-refractivity contribution in [1.29, 1.82) is 0 Å². The molecule has 0 aliphatic carbocycles. The summed E-state index contributed by atoms with van der Waals surface area (Å²) in [5.74, 6) is 1.88. The van der Waals surface area contributed by atoms with E-state index in [0.29, 0.717) is 23.0 Å². The molecule has 4 rings (SSSR count). The van der Waals surface area contributed by atoms with E-state index < -0.39 is 0 Å². The lowest BCUT2D eigenvalue weighted by Crippen LogP contribution is -2.29. The van der Waals surface area contributed by atoms with Crippen molar-refractivity contribution in [2.24, 2.45) is 0 Å². The molecule has 186 valence electrons. The Kier molecular flexibility index (Phi) is 8.67. The van der Waals surface area contributed by atoms with Gasteiger partial charge in [-0.2, -0.15) is 0 Å². The van der Waals surface area contributed by atoms with Gasteiger partial charge >= 0.3 is 0 Å². The fourth-order valence-electron chi connectivity index (χ4n) is 4.03. The van der Waals surface area contributed by atoms with E-state index in [9.17, 15) is 4.79 Å². The smallest absolute Gasteiger partial charge is 0.227 e. The first kappa shape index (κ1) is 25.8. The minimum Gasteiger partial charge on any atom is -0.497 e. The molecule has 0 radical (unpaired) electrons. The Morgan fingerprint density at radius 3 is 2.64 bits per heavy atom. The van der Waals surface area contributed by atoms with Crippen molar-refractivity contribution in [3.63, 3.8) is 0 Å². The predicted octanol–water partition coefficient (Wildman–Crippen LogP) is 6.34. The van der Waals surface area contributed by atoms with Gasteiger partial charge in [-0.15, -0.1) is 10.2 Å². The lowest BCUT2D eigenvalue weighted by molar-refractivity contribution is -0.122. The second kappa shape index (κ2) is 12.1. The van der Waals surface area contributed by atoms with E-state index in [1.54, 1.807) is 18.9 Å². The van der Waals surface area contributed by atoms with Gasteiger partial charge < -0.3 is 10.1 Å². The number of benzene rings is 3. The number of methoxy groups -OCH3 is 1. The van der Waals surface area contributed by atoms with Gasteiger partial charge in [0.05, 0.1) is 25.3 Å². The maximum Gasteiger partial charge on any atom is 0.227 e. The van der Waals surface area contributed by atoms with Crippen molar-refractivity contribution in [3.05, 3.63) is 100 Å². The van der Waals surface area contributed by atoms with Crippen LogP contribution >= 0.6 is 23.4 Å². The summed E-state index contributed by atoms with van der Waals surface area (Å²) >= 11 is 7.93. The van der Waals surface area contributed by atoms with Crippen molar-refractivity contribution in [2.75, 3.05) is 7.11 Å². The number of rotatable bonds is 10. The van der Waals surface area contributed by atoms with Gasteiger partial charge in [-0.3, -0.25) is 9.36 Å². The molecule has 0 aliphatic heterocycles. The summed E-state index contributed by atoms with van der Waals surface area (Å²) in [5.41, 5.74) is 4.03. The van der Waals surface area contributed by atoms with Crippen LogP contribution in [-0.2, 0) is 17.1 Å². The monoisotopic (exact) mass is 520 g/mol. The summed E-state index contributed by atoms with van der Waals surface area (Å²) in [7, 11) is 1.66. The number of nitrogens with zero attached hydrogens (tertiary/aromatic N) is 3. The van der Waals surface area contributed by atoms with Crippen LogP contribution in [0, 0.1) is 6.92 Å². The Labute approximate surface area is 221 Å². The Morgan fingerprint density at radius 1 is 1.08 bits per heavy atom. The SMILES string of the molecule is CCC(C(=O)NCc1nnc(SCc2cccc(OC)c2)n1-c1cc(Cl)ccc1C)c1ccccc1. The molecule has 0 saturated carbocycles. The van der Waals surface area contributed by atoms with E-state index in [2.05, 4.69) is 21.6 Å².